The van der Waals surface area contributed by atoms with Crippen LogP contribution >= 0.6 is 0 Å². The third kappa shape index (κ3) is 7.50. The Hall–Kier alpha value is -2.75. The second-order valence-electron chi connectivity index (χ2n) is 8.53. The number of ether oxygens (including phenoxy) is 2. The summed E-state index contributed by atoms with van der Waals surface area (Å²) in [5.74, 6) is -39.3. The first-order chi connectivity index (χ1) is 18.1. The lowest BCUT2D eigenvalue weighted by Gasteiger charge is -2.39. The van der Waals surface area contributed by atoms with Gasteiger partial charge in [0.25, 0.3) is 0 Å². The fraction of sp³-hybridized carbons (Fsp3) is 0.652. The normalized spacial score (nSPS) is 13.8. The topological polar surface area (TPSA) is 52.6 Å². The molecule has 0 aliphatic heterocycles. The lowest BCUT2D eigenvalue weighted by molar-refractivity contribution is -0.440. The van der Waals surface area contributed by atoms with E-state index in [0.717, 1.165) is 37.5 Å². The Labute approximate surface area is 218 Å². The molecule has 0 saturated carbocycles. The van der Waals surface area contributed by atoms with Crippen molar-refractivity contribution in [1.82, 2.24) is 0 Å². The fourth-order valence-corrected chi connectivity index (χ4v) is 3.02. The van der Waals surface area contributed by atoms with Gasteiger partial charge in [-0.3, -0.25) is 9.59 Å². The molecule has 0 N–H and O–H groups in total. The van der Waals surface area contributed by atoms with Gasteiger partial charge in [0.05, 0.1) is 13.0 Å². The molecule has 0 atom stereocenters. The maximum Gasteiger partial charge on any atom is 0.460 e. The Morgan fingerprint density at radius 3 is 1.77 bits per heavy atom. The summed E-state index contributed by atoms with van der Waals surface area (Å²) >= 11 is 0. The van der Waals surface area contributed by atoms with Gasteiger partial charge >= 0.3 is 41.8 Å². The van der Waals surface area contributed by atoms with E-state index in [-0.39, 0.29) is 6.42 Å². The van der Waals surface area contributed by atoms with Crippen LogP contribution in [0.5, 0.6) is 11.5 Å². The van der Waals surface area contributed by atoms with Crippen LogP contribution in [0.1, 0.15) is 51.9 Å². The smallest absolute Gasteiger partial charge is 0.460 e. The van der Waals surface area contributed by atoms with Gasteiger partial charge in [-0.2, -0.15) is 57.1 Å². The summed E-state index contributed by atoms with van der Waals surface area (Å²) < 4.78 is 180. The molecule has 4 nitrogen and oxygen atoms in total. The van der Waals surface area contributed by atoms with Crippen molar-refractivity contribution in [2.45, 2.75) is 87.7 Å². The van der Waals surface area contributed by atoms with Crippen LogP contribution in [0.3, 0.4) is 0 Å². The van der Waals surface area contributed by atoms with Crippen molar-refractivity contribution in [1.29, 1.82) is 0 Å². The van der Waals surface area contributed by atoms with Crippen LogP contribution in [0.2, 0.25) is 0 Å². The van der Waals surface area contributed by atoms with E-state index < -0.39 is 71.7 Å². The number of hydrogen-bond donors (Lipinski definition) is 0. The molecule has 0 aliphatic carbocycles. The van der Waals surface area contributed by atoms with E-state index in [1.54, 1.807) is 0 Å². The summed E-state index contributed by atoms with van der Waals surface area (Å²) in [6.45, 7) is 0.287. The monoisotopic (exact) mass is 610 g/mol. The molecule has 0 saturated heterocycles. The summed E-state index contributed by atoms with van der Waals surface area (Å²) in [5, 5.41) is 0. The molecule has 0 bridgehead atoms. The van der Waals surface area contributed by atoms with Gasteiger partial charge in [-0.25, -0.2) is 0 Å². The minimum atomic E-state index is -7.98. The molecule has 0 amide bonds. The molecular formula is C23H23F13O4. The van der Waals surface area contributed by atoms with Crippen molar-refractivity contribution >= 4 is 5.97 Å². The number of esters is 1. The molecule has 17 heteroatoms. The Balaban J connectivity index is 2.95. The number of alkyl halides is 13. The minimum Gasteiger partial charge on any atom is -0.493 e. The molecule has 40 heavy (non-hydrogen) atoms. The van der Waals surface area contributed by atoms with Gasteiger partial charge in [-0.15, -0.1) is 0 Å². The lowest BCUT2D eigenvalue weighted by atomic mass is 9.93. The Bertz CT molecular complexity index is 1060. The standard InChI is InChI=1S/C23H23F13O4/c1-2-3-4-5-6-7-17(38)40-16-11-9-14(8-10-15(16)37)39-13-12-18(24,25)19(26,27)20(28,29)21(30,31)22(32,33)23(34,35)36/h8-11H,2-7,12-13H2,1H3. The van der Waals surface area contributed by atoms with Crippen molar-refractivity contribution in [2.24, 2.45) is 0 Å². The molecule has 1 aromatic carbocycles. The number of carbonyl (C=O) groups is 1. The van der Waals surface area contributed by atoms with Crippen LogP contribution in [-0.4, -0.2) is 48.4 Å². The van der Waals surface area contributed by atoms with Gasteiger partial charge < -0.3 is 9.47 Å². The van der Waals surface area contributed by atoms with Crippen molar-refractivity contribution in [2.75, 3.05) is 6.61 Å². The van der Waals surface area contributed by atoms with Crippen LogP contribution in [0.4, 0.5) is 57.1 Å². The maximum atomic E-state index is 13.9. The molecule has 0 aliphatic rings. The van der Waals surface area contributed by atoms with E-state index in [1.807, 2.05) is 6.92 Å². The molecule has 1 aromatic rings. The first-order valence-corrected chi connectivity index (χ1v) is 11.5. The molecule has 0 radical (unpaired) electrons. The zero-order chi connectivity index (χ0) is 31.2. The van der Waals surface area contributed by atoms with E-state index in [9.17, 15) is 66.7 Å². The van der Waals surface area contributed by atoms with E-state index in [2.05, 4.69) is 4.74 Å². The van der Waals surface area contributed by atoms with Gasteiger partial charge in [0.15, 0.2) is 5.75 Å². The van der Waals surface area contributed by atoms with Crippen molar-refractivity contribution in [3.8, 4) is 11.5 Å². The summed E-state index contributed by atoms with van der Waals surface area (Å²) in [6, 6.07) is 3.04. The predicted octanol–water partition coefficient (Wildman–Crippen LogP) is 7.82. The first-order valence-electron chi connectivity index (χ1n) is 11.5. The molecule has 230 valence electrons. The minimum absolute atomic E-state index is 0.0486. The van der Waals surface area contributed by atoms with Gasteiger partial charge in [-0.1, -0.05) is 32.6 Å². The number of rotatable bonds is 15. The molecular weight excluding hydrogens is 587 g/mol. The highest BCUT2D eigenvalue weighted by atomic mass is 19.4. The van der Waals surface area contributed by atoms with Gasteiger partial charge in [-0.05, 0) is 30.7 Å². The third-order valence-electron chi connectivity index (χ3n) is 5.43. The second-order valence-corrected chi connectivity index (χ2v) is 8.53. The van der Waals surface area contributed by atoms with Gasteiger partial charge in [0.1, 0.15) is 5.75 Å². The third-order valence-corrected chi connectivity index (χ3v) is 5.43. The average Bonchev–Trinajstić information content (AvgIpc) is 2.99. The molecule has 0 unspecified atom stereocenters. The van der Waals surface area contributed by atoms with Crippen LogP contribution in [0.15, 0.2) is 29.1 Å². The van der Waals surface area contributed by atoms with E-state index in [0.29, 0.717) is 18.9 Å². The number of halogens is 13. The van der Waals surface area contributed by atoms with Crippen molar-refractivity contribution < 1.29 is 71.3 Å². The van der Waals surface area contributed by atoms with Gasteiger partial charge in [0, 0.05) is 6.42 Å². The van der Waals surface area contributed by atoms with Crippen LogP contribution in [0.25, 0.3) is 0 Å². The quantitative estimate of drug-likeness (QED) is 0.116. The summed E-state index contributed by atoms with van der Waals surface area (Å²) in [6.07, 6.45) is -6.16. The highest BCUT2D eigenvalue weighted by Gasteiger charge is 2.90. The van der Waals surface area contributed by atoms with E-state index in [1.165, 1.54) is 0 Å². The largest absolute Gasteiger partial charge is 0.493 e. The summed E-state index contributed by atoms with van der Waals surface area (Å²) in [4.78, 5) is 23.9. The molecule has 0 spiro atoms. The van der Waals surface area contributed by atoms with Gasteiger partial charge in [0.2, 0.25) is 5.43 Å². The summed E-state index contributed by atoms with van der Waals surface area (Å²) in [5.41, 5.74) is -0.932. The van der Waals surface area contributed by atoms with Crippen LogP contribution in [0, 0.1) is 0 Å². The van der Waals surface area contributed by atoms with Crippen LogP contribution < -0.4 is 14.9 Å². The highest BCUT2D eigenvalue weighted by molar-refractivity contribution is 5.72. The predicted molar refractivity (Wildman–Crippen MR) is 113 cm³/mol. The zero-order valence-electron chi connectivity index (χ0n) is 20.5. The number of unbranched alkanes of at least 4 members (excludes halogenated alkanes) is 4. The van der Waals surface area contributed by atoms with Crippen molar-refractivity contribution in [3.05, 3.63) is 34.5 Å². The average molecular weight is 610 g/mol. The van der Waals surface area contributed by atoms with Crippen LogP contribution in [-0.2, 0) is 4.79 Å². The maximum absolute atomic E-state index is 13.9. The van der Waals surface area contributed by atoms with Crippen molar-refractivity contribution in [3.63, 3.8) is 0 Å². The Morgan fingerprint density at radius 1 is 0.700 bits per heavy atom. The molecule has 0 aromatic heterocycles. The SMILES string of the molecule is CCCCCCCC(=O)Oc1ccc(OCCC(F)(F)C(F)(F)C(F)(F)C(F)(F)C(F)(F)C(F)(F)F)ccc1=O. The Morgan fingerprint density at radius 2 is 1.23 bits per heavy atom. The van der Waals surface area contributed by atoms with E-state index in [4.69, 9.17) is 4.74 Å². The highest BCUT2D eigenvalue weighted by Crippen LogP contribution is 2.60. The number of carbonyl (C=O) groups excluding carboxylic acids is 1. The number of hydrogen-bond acceptors (Lipinski definition) is 4. The molecule has 0 fully saturated rings. The first kappa shape index (κ1) is 35.3. The lowest BCUT2D eigenvalue weighted by Crippen LogP contribution is -2.70. The second kappa shape index (κ2) is 12.8. The van der Waals surface area contributed by atoms with E-state index >= 15 is 0 Å². The fourth-order valence-electron chi connectivity index (χ4n) is 3.02. The zero-order valence-corrected chi connectivity index (χ0v) is 20.5. The Kier molecular flexibility index (Phi) is 11.3. The summed E-state index contributed by atoms with van der Waals surface area (Å²) in [7, 11) is 0. The molecule has 1 rings (SSSR count). The molecule has 0 heterocycles.